The molecule has 2 aliphatic heterocycles. The average molecular weight is 422 g/mol. The fraction of sp³-hybridized carbons (Fsp3) is 0.348. The summed E-state index contributed by atoms with van der Waals surface area (Å²) >= 11 is 0. The van der Waals surface area contributed by atoms with Gasteiger partial charge in [-0.25, -0.2) is 4.39 Å². The number of aromatic nitrogens is 2. The van der Waals surface area contributed by atoms with Crippen molar-refractivity contribution in [3.8, 4) is 17.2 Å². The van der Waals surface area contributed by atoms with Gasteiger partial charge in [-0.05, 0) is 67.9 Å². The zero-order valence-electron chi connectivity index (χ0n) is 17.0. The third-order valence-corrected chi connectivity index (χ3v) is 5.67. The number of benzene rings is 2. The summed E-state index contributed by atoms with van der Waals surface area (Å²) in [6.45, 7) is 4.26. The van der Waals surface area contributed by atoms with Gasteiger partial charge in [0, 0.05) is 12.1 Å². The van der Waals surface area contributed by atoms with Gasteiger partial charge in [-0.15, -0.1) is 10.2 Å². The van der Waals surface area contributed by atoms with Crippen LogP contribution < -0.4 is 4.74 Å². The summed E-state index contributed by atoms with van der Waals surface area (Å²) in [5.74, 6) is 0.225. The number of ether oxygens (including phenoxy) is 1. The van der Waals surface area contributed by atoms with Crippen molar-refractivity contribution in [1.82, 2.24) is 20.0 Å². The monoisotopic (exact) mass is 422 g/mol. The Balaban J connectivity index is 1.12. The lowest BCUT2D eigenvalue weighted by Gasteiger charge is -2.38. The molecule has 3 aromatic rings. The predicted molar refractivity (Wildman–Crippen MR) is 111 cm³/mol. The fourth-order valence-corrected chi connectivity index (χ4v) is 3.90. The molecule has 3 heterocycles. The Bertz CT molecular complexity index is 1040. The molecular formula is C23H23FN4O3. The van der Waals surface area contributed by atoms with Gasteiger partial charge in [0.25, 0.3) is 0 Å². The first-order valence-electron chi connectivity index (χ1n) is 10.5. The van der Waals surface area contributed by atoms with Crippen LogP contribution in [0.25, 0.3) is 11.5 Å². The summed E-state index contributed by atoms with van der Waals surface area (Å²) < 4.78 is 24.5. The van der Waals surface area contributed by atoms with Crippen molar-refractivity contribution in [2.24, 2.45) is 0 Å². The Hall–Kier alpha value is -3.26. The highest BCUT2D eigenvalue weighted by atomic mass is 19.1. The Morgan fingerprint density at radius 2 is 1.74 bits per heavy atom. The maximum atomic E-state index is 13.0. The number of rotatable bonds is 6. The highest BCUT2D eigenvalue weighted by Gasteiger charge is 2.35. The molecule has 1 aromatic heterocycles. The van der Waals surface area contributed by atoms with Gasteiger partial charge < -0.3 is 14.1 Å². The SMILES string of the molecule is O=C(c1nnc(-c2ccc(F)cc2)o1)N1CC(Oc2ccc(CN3CCCC3)cc2)C1. The van der Waals surface area contributed by atoms with Crippen LogP contribution in [0.4, 0.5) is 4.39 Å². The van der Waals surface area contributed by atoms with Crippen LogP contribution in [0.15, 0.2) is 52.9 Å². The van der Waals surface area contributed by atoms with Gasteiger partial charge in [-0.3, -0.25) is 9.69 Å². The molecule has 1 amide bonds. The minimum absolute atomic E-state index is 0.0622. The van der Waals surface area contributed by atoms with Crippen LogP contribution in [-0.2, 0) is 6.54 Å². The molecule has 0 spiro atoms. The normalized spacial score (nSPS) is 17.0. The summed E-state index contributed by atoms with van der Waals surface area (Å²) in [7, 11) is 0. The molecule has 7 nitrogen and oxygen atoms in total. The standard InChI is InChI=1S/C23H23FN4O3/c24-18-7-5-17(6-8-18)21-25-26-22(31-21)23(29)28-14-20(15-28)30-19-9-3-16(4-10-19)13-27-11-1-2-12-27/h3-10,20H,1-2,11-15H2. The maximum absolute atomic E-state index is 13.0. The molecule has 0 N–H and O–H groups in total. The van der Waals surface area contributed by atoms with E-state index in [9.17, 15) is 9.18 Å². The molecular weight excluding hydrogens is 399 g/mol. The van der Waals surface area contributed by atoms with E-state index in [2.05, 4.69) is 27.2 Å². The van der Waals surface area contributed by atoms with Crippen molar-refractivity contribution in [3.05, 3.63) is 65.8 Å². The molecule has 0 unspecified atom stereocenters. The van der Waals surface area contributed by atoms with Crippen LogP contribution >= 0.6 is 0 Å². The Morgan fingerprint density at radius 3 is 2.45 bits per heavy atom. The van der Waals surface area contributed by atoms with Crippen molar-refractivity contribution in [2.75, 3.05) is 26.2 Å². The van der Waals surface area contributed by atoms with E-state index in [0.29, 0.717) is 18.7 Å². The van der Waals surface area contributed by atoms with E-state index in [0.717, 1.165) is 12.3 Å². The van der Waals surface area contributed by atoms with Gasteiger partial charge in [0.1, 0.15) is 17.7 Å². The molecule has 0 atom stereocenters. The number of halogens is 1. The quantitative estimate of drug-likeness (QED) is 0.607. The van der Waals surface area contributed by atoms with Crippen molar-refractivity contribution in [1.29, 1.82) is 0 Å². The van der Waals surface area contributed by atoms with Gasteiger partial charge in [-0.1, -0.05) is 12.1 Å². The van der Waals surface area contributed by atoms with E-state index in [1.807, 2.05) is 12.1 Å². The number of carbonyl (C=O) groups is 1. The molecule has 2 saturated heterocycles. The number of amides is 1. The predicted octanol–water partition coefficient (Wildman–Crippen LogP) is 3.37. The van der Waals surface area contributed by atoms with Crippen LogP contribution in [0.5, 0.6) is 5.75 Å². The lowest BCUT2D eigenvalue weighted by Crippen LogP contribution is -2.56. The van der Waals surface area contributed by atoms with E-state index >= 15 is 0 Å². The molecule has 0 radical (unpaired) electrons. The lowest BCUT2D eigenvalue weighted by molar-refractivity contribution is 0.0150. The Morgan fingerprint density at radius 1 is 1.03 bits per heavy atom. The average Bonchev–Trinajstić information content (AvgIpc) is 3.44. The third kappa shape index (κ3) is 4.44. The molecule has 2 fully saturated rings. The molecule has 5 rings (SSSR count). The molecule has 8 heteroatoms. The first-order valence-corrected chi connectivity index (χ1v) is 10.5. The highest BCUT2D eigenvalue weighted by molar-refractivity contribution is 5.90. The third-order valence-electron chi connectivity index (χ3n) is 5.67. The van der Waals surface area contributed by atoms with Gasteiger partial charge in [0.2, 0.25) is 5.89 Å². The van der Waals surface area contributed by atoms with E-state index in [-0.39, 0.29) is 29.6 Å². The van der Waals surface area contributed by atoms with Gasteiger partial charge in [0.05, 0.1) is 13.1 Å². The first-order chi connectivity index (χ1) is 15.1. The highest BCUT2D eigenvalue weighted by Crippen LogP contribution is 2.23. The molecule has 0 aliphatic carbocycles. The minimum atomic E-state index is -0.354. The lowest BCUT2D eigenvalue weighted by atomic mass is 10.1. The number of nitrogens with zero attached hydrogens (tertiary/aromatic N) is 4. The maximum Gasteiger partial charge on any atom is 0.311 e. The van der Waals surface area contributed by atoms with Crippen molar-refractivity contribution in [2.45, 2.75) is 25.5 Å². The molecule has 31 heavy (non-hydrogen) atoms. The molecule has 2 aromatic carbocycles. The molecule has 160 valence electrons. The zero-order valence-corrected chi connectivity index (χ0v) is 17.0. The van der Waals surface area contributed by atoms with Crippen LogP contribution in [0.1, 0.15) is 29.1 Å². The van der Waals surface area contributed by atoms with Gasteiger partial charge >= 0.3 is 11.8 Å². The Labute approximate surface area is 179 Å². The first kappa shape index (κ1) is 19.7. The van der Waals surface area contributed by atoms with Crippen molar-refractivity contribution < 1.29 is 18.3 Å². The van der Waals surface area contributed by atoms with Gasteiger partial charge in [-0.2, -0.15) is 0 Å². The minimum Gasteiger partial charge on any atom is -0.487 e. The summed E-state index contributed by atoms with van der Waals surface area (Å²) in [5.41, 5.74) is 1.85. The summed E-state index contributed by atoms with van der Waals surface area (Å²) in [5, 5.41) is 7.72. The topological polar surface area (TPSA) is 71.7 Å². The van der Waals surface area contributed by atoms with Crippen LogP contribution in [0.3, 0.4) is 0 Å². The zero-order chi connectivity index (χ0) is 21.2. The van der Waals surface area contributed by atoms with Crippen LogP contribution in [0.2, 0.25) is 0 Å². The largest absolute Gasteiger partial charge is 0.487 e. The number of hydrogen-bond acceptors (Lipinski definition) is 6. The summed E-state index contributed by atoms with van der Waals surface area (Å²) in [4.78, 5) is 16.6. The van der Waals surface area contributed by atoms with Crippen molar-refractivity contribution in [3.63, 3.8) is 0 Å². The smallest absolute Gasteiger partial charge is 0.311 e. The van der Waals surface area contributed by atoms with Crippen LogP contribution in [0, 0.1) is 5.82 Å². The van der Waals surface area contributed by atoms with Crippen molar-refractivity contribution >= 4 is 5.91 Å². The number of hydrogen-bond donors (Lipinski definition) is 0. The number of likely N-dealkylation sites (tertiary alicyclic amines) is 2. The second-order valence-corrected chi connectivity index (χ2v) is 8.00. The van der Waals surface area contributed by atoms with E-state index in [4.69, 9.17) is 9.15 Å². The van der Waals surface area contributed by atoms with E-state index in [1.54, 1.807) is 4.90 Å². The second kappa shape index (κ2) is 8.47. The molecule has 0 saturated carbocycles. The molecule has 0 bridgehead atoms. The Kier molecular flexibility index (Phi) is 5.38. The van der Waals surface area contributed by atoms with E-state index in [1.165, 1.54) is 55.8 Å². The second-order valence-electron chi connectivity index (χ2n) is 8.00. The van der Waals surface area contributed by atoms with Gasteiger partial charge in [0.15, 0.2) is 0 Å². The molecule has 2 aliphatic rings. The number of carbonyl (C=O) groups excluding carboxylic acids is 1. The fourth-order valence-electron chi connectivity index (χ4n) is 3.90. The summed E-state index contributed by atoms with van der Waals surface area (Å²) in [6, 6.07) is 13.8. The van der Waals surface area contributed by atoms with E-state index < -0.39 is 0 Å². The van der Waals surface area contributed by atoms with Crippen LogP contribution in [-0.4, -0.2) is 58.2 Å². The summed E-state index contributed by atoms with van der Waals surface area (Å²) in [6.07, 6.45) is 2.51.